The van der Waals surface area contributed by atoms with Gasteiger partial charge in [0.2, 0.25) is 10.0 Å². The highest BCUT2D eigenvalue weighted by Gasteiger charge is 2.24. The first-order valence-electron chi connectivity index (χ1n) is 7.99. The molecule has 1 unspecified atom stereocenters. The molecule has 0 spiro atoms. The molecule has 0 amide bonds. The van der Waals surface area contributed by atoms with Gasteiger partial charge in [-0.2, -0.15) is 0 Å². The Hall–Kier alpha value is -0.860. The van der Waals surface area contributed by atoms with Gasteiger partial charge < -0.3 is 15.4 Å². The summed E-state index contributed by atoms with van der Waals surface area (Å²) in [7, 11) is 1.92. The minimum absolute atomic E-state index is 0.0395. The van der Waals surface area contributed by atoms with Gasteiger partial charge in [0.05, 0.1) is 11.9 Å². The maximum absolute atomic E-state index is 11.6. The van der Waals surface area contributed by atoms with Crippen LogP contribution in [0.2, 0.25) is 0 Å². The number of hydrogen-bond donors (Lipinski definition) is 2. The molecular weight excluding hydrogens is 316 g/mol. The van der Waals surface area contributed by atoms with Crippen LogP contribution in [0.15, 0.2) is 4.99 Å². The average Bonchev–Trinajstić information content (AvgIpc) is 2.48. The summed E-state index contributed by atoms with van der Waals surface area (Å²) < 4.78 is 30.2. The van der Waals surface area contributed by atoms with Crippen molar-refractivity contribution >= 4 is 16.0 Å². The molecule has 7 nitrogen and oxygen atoms in total. The Bertz CT molecular complexity index is 458. The van der Waals surface area contributed by atoms with E-state index in [1.807, 2.05) is 0 Å². The molecule has 0 aromatic heterocycles. The monoisotopic (exact) mass is 350 g/mol. The number of hydrogen-bond acceptors (Lipinski definition) is 4. The standard InChI is InChI=1S/C15H34N4O3S/c1-8-23(20,21)19(6)11-9-10-17-14(16-5)18-12-13(22-7)15(2,3)4/h13H,8-12H2,1-7H3,(H2,16,17,18). The largest absolute Gasteiger partial charge is 0.379 e. The Balaban J connectivity index is 4.19. The summed E-state index contributed by atoms with van der Waals surface area (Å²) in [6.07, 6.45) is 0.783. The van der Waals surface area contributed by atoms with Crippen molar-refractivity contribution in [3.63, 3.8) is 0 Å². The molecule has 0 aromatic carbocycles. The van der Waals surface area contributed by atoms with E-state index in [1.54, 1.807) is 28.1 Å². The fraction of sp³-hybridized carbons (Fsp3) is 0.933. The average molecular weight is 351 g/mol. The molecule has 0 aliphatic carbocycles. The van der Waals surface area contributed by atoms with Crippen LogP contribution in [0, 0.1) is 5.41 Å². The highest BCUT2D eigenvalue weighted by Crippen LogP contribution is 2.20. The van der Waals surface area contributed by atoms with Gasteiger partial charge in [0.15, 0.2) is 5.96 Å². The van der Waals surface area contributed by atoms with Crippen molar-refractivity contribution in [2.24, 2.45) is 10.4 Å². The number of aliphatic imine (C=N–C) groups is 1. The zero-order valence-electron chi connectivity index (χ0n) is 15.6. The lowest BCUT2D eigenvalue weighted by Gasteiger charge is -2.30. The van der Waals surface area contributed by atoms with E-state index in [4.69, 9.17) is 4.74 Å². The summed E-state index contributed by atoms with van der Waals surface area (Å²) in [5, 5.41) is 6.43. The smallest absolute Gasteiger partial charge is 0.213 e. The van der Waals surface area contributed by atoms with Crippen molar-refractivity contribution in [3.05, 3.63) is 0 Å². The van der Waals surface area contributed by atoms with E-state index in [0.717, 1.165) is 0 Å². The topological polar surface area (TPSA) is 83.0 Å². The fourth-order valence-corrected chi connectivity index (χ4v) is 2.87. The normalized spacial score (nSPS) is 14.9. The Morgan fingerprint density at radius 3 is 2.35 bits per heavy atom. The molecule has 0 aromatic rings. The van der Waals surface area contributed by atoms with Gasteiger partial charge in [-0.25, -0.2) is 12.7 Å². The van der Waals surface area contributed by atoms with Gasteiger partial charge in [0.1, 0.15) is 0 Å². The molecule has 0 bridgehead atoms. The van der Waals surface area contributed by atoms with Crippen LogP contribution in [0.25, 0.3) is 0 Å². The summed E-state index contributed by atoms with van der Waals surface area (Å²) in [5.41, 5.74) is 0.0395. The Kier molecular flexibility index (Phi) is 9.72. The highest BCUT2D eigenvalue weighted by atomic mass is 32.2. The lowest BCUT2D eigenvalue weighted by atomic mass is 9.89. The van der Waals surface area contributed by atoms with E-state index in [9.17, 15) is 8.42 Å². The van der Waals surface area contributed by atoms with Gasteiger partial charge in [0, 0.05) is 40.8 Å². The number of nitrogens with zero attached hydrogens (tertiary/aromatic N) is 2. The van der Waals surface area contributed by atoms with Crippen LogP contribution >= 0.6 is 0 Å². The van der Waals surface area contributed by atoms with Crippen LogP contribution in [-0.2, 0) is 14.8 Å². The minimum Gasteiger partial charge on any atom is -0.379 e. The molecular formula is C15H34N4O3S. The molecule has 0 fully saturated rings. The first-order chi connectivity index (χ1) is 10.6. The second-order valence-corrected chi connectivity index (χ2v) is 8.91. The Labute approximate surface area is 141 Å². The van der Waals surface area contributed by atoms with Gasteiger partial charge in [-0.1, -0.05) is 20.8 Å². The Morgan fingerprint density at radius 2 is 1.91 bits per heavy atom. The third kappa shape index (κ3) is 8.53. The third-order valence-corrected chi connectivity index (χ3v) is 5.57. The lowest BCUT2D eigenvalue weighted by molar-refractivity contribution is 0.0205. The quantitative estimate of drug-likeness (QED) is 0.366. The zero-order valence-corrected chi connectivity index (χ0v) is 16.5. The molecule has 138 valence electrons. The van der Waals surface area contributed by atoms with Gasteiger partial charge in [0.25, 0.3) is 0 Å². The highest BCUT2D eigenvalue weighted by molar-refractivity contribution is 7.89. The van der Waals surface area contributed by atoms with E-state index < -0.39 is 10.0 Å². The summed E-state index contributed by atoms with van der Waals surface area (Å²) >= 11 is 0. The molecule has 0 saturated heterocycles. The first kappa shape index (κ1) is 22.1. The minimum atomic E-state index is -3.10. The van der Waals surface area contributed by atoms with Crippen LogP contribution in [-0.4, -0.2) is 71.4 Å². The summed E-state index contributed by atoms with van der Waals surface area (Å²) in [6.45, 7) is 9.83. The van der Waals surface area contributed by atoms with Crippen molar-refractivity contribution in [1.82, 2.24) is 14.9 Å². The second-order valence-electron chi connectivity index (χ2n) is 6.55. The van der Waals surface area contributed by atoms with E-state index in [1.165, 1.54) is 4.31 Å². The van der Waals surface area contributed by atoms with Crippen LogP contribution < -0.4 is 10.6 Å². The molecule has 0 aliphatic rings. The molecule has 8 heteroatoms. The zero-order chi connectivity index (χ0) is 18.1. The summed E-state index contributed by atoms with van der Waals surface area (Å²) in [4.78, 5) is 4.16. The molecule has 0 rings (SSSR count). The maximum Gasteiger partial charge on any atom is 0.213 e. The van der Waals surface area contributed by atoms with Crippen molar-refractivity contribution in [1.29, 1.82) is 0 Å². The molecule has 2 N–H and O–H groups in total. The number of rotatable bonds is 9. The van der Waals surface area contributed by atoms with E-state index in [-0.39, 0.29) is 17.3 Å². The predicted octanol–water partition coefficient (Wildman–Crippen LogP) is 0.884. The maximum atomic E-state index is 11.6. The molecule has 1 atom stereocenters. The summed E-state index contributed by atoms with van der Waals surface area (Å²) in [6, 6.07) is 0. The van der Waals surface area contributed by atoms with E-state index in [2.05, 4.69) is 36.4 Å². The Morgan fingerprint density at radius 1 is 1.30 bits per heavy atom. The van der Waals surface area contributed by atoms with Gasteiger partial charge in [-0.15, -0.1) is 0 Å². The fourth-order valence-electron chi connectivity index (χ4n) is 2.02. The van der Waals surface area contributed by atoms with E-state index >= 15 is 0 Å². The first-order valence-corrected chi connectivity index (χ1v) is 9.60. The predicted molar refractivity (Wildman–Crippen MR) is 96.3 cm³/mol. The number of guanidine groups is 1. The molecule has 0 heterocycles. The van der Waals surface area contributed by atoms with Gasteiger partial charge >= 0.3 is 0 Å². The van der Waals surface area contributed by atoms with Gasteiger partial charge in [-0.05, 0) is 18.8 Å². The number of ether oxygens (including phenoxy) is 1. The van der Waals surface area contributed by atoms with Crippen LogP contribution in [0.3, 0.4) is 0 Å². The van der Waals surface area contributed by atoms with Crippen molar-refractivity contribution in [2.45, 2.75) is 40.2 Å². The molecule has 0 saturated carbocycles. The van der Waals surface area contributed by atoms with Crippen LogP contribution in [0.4, 0.5) is 0 Å². The lowest BCUT2D eigenvalue weighted by Crippen LogP contribution is -2.45. The second kappa shape index (κ2) is 10.1. The van der Waals surface area contributed by atoms with Crippen LogP contribution in [0.5, 0.6) is 0 Å². The van der Waals surface area contributed by atoms with Crippen molar-refractivity contribution < 1.29 is 13.2 Å². The number of methoxy groups -OCH3 is 1. The molecule has 23 heavy (non-hydrogen) atoms. The number of sulfonamides is 1. The van der Waals surface area contributed by atoms with E-state index in [0.29, 0.717) is 32.0 Å². The third-order valence-electron chi connectivity index (χ3n) is 3.71. The van der Waals surface area contributed by atoms with Crippen molar-refractivity contribution in [3.8, 4) is 0 Å². The van der Waals surface area contributed by atoms with Gasteiger partial charge in [-0.3, -0.25) is 4.99 Å². The summed E-state index contributed by atoms with van der Waals surface area (Å²) in [5.74, 6) is 0.822. The molecule has 0 radical (unpaired) electrons. The van der Waals surface area contributed by atoms with Crippen molar-refractivity contribution in [2.75, 3.05) is 46.6 Å². The molecule has 0 aliphatic heterocycles. The van der Waals surface area contributed by atoms with Crippen LogP contribution in [0.1, 0.15) is 34.1 Å². The SMILES string of the molecule is CCS(=O)(=O)N(C)CCCNC(=NC)NCC(OC)C(C)(C)C. The number of nitrogens with one attached hydrogen (secondary N) is 2.